The molecule has 3 aliphatic rings. The minimum absolute atomic E-state index is 0.170. The molecule has 3 saturated heterocycles. The van der Waals surface area contributed by atoms with Gasteiger partial charge in [-0.1, -0.05) is 23.7 Å². The highest BCUT2D eigenvalue weighted by atomic mass is 35.5. The van der Waals surface area contributed by atoms with Crippen LogP contribution >= 0.6 is 11.6 Å². The van der Waals surface area contributed by atoms with Crippen LogP contribution in [0.1, 0.15) is 17.5 Å². The van der Waals surface area contributed by atoms with Crippen LogP contribution in [0.5, 0.6) is 0 Å². The van der Waals surface area contributed by atoms with E-state index in [2.05, 4.69) is 14.9 Å². The second-order valence-corrected chi connectivity index (χ2v) is 7.47. The Bertz CT molecular complexity index is 900. The number of anilines is 1. The second kappa shape index (κ2) is 6.53. The predicted octanol–water partition coefficient (Wildman–Crippen LogP) is 2.92. The third-order valence-corrected chi connectivity index (χ3v) is 5.75. The maximum Gasteiger partial charge on any atom is 0.416 e. The Labute approximate surface area is 158 Å². The van der Waals surface area contributed by atoms with Crippen LogP contribution in [0.15, 0.2) is 35.3 Å². The van der Waals surface area contributed by atoms with E-state index in [1.165, 1.54) is 16.8 Å². The standard InChI is InChI=1S/C18H18ClF3N4O/c1-24-17(27)16(19)15(7-23-24)25-9-13-6-14(10-25)26(13)8-11-2-4-12(5-3-11)18(20,21)22/h2-5,7,13-14H,6,8-10H2,1H3. The maximum absolute atomic E-state index is 12.7. The number of fused-ring (bicyclic) bond motifs is 2. The number of aryl methyl sites for hydroxylation is 1. The third kappa shape index (κ3) is 3.32. The highest BCUT2D eigenvalue weighted by Crippen LogP contribution is 2.37. The highest BCUT2D eigenvalue weighted by Gasteiger charge is 2.45. The Kier molecular flexibility index (Phi) is 4.43. The molecule has 0 spiro atoms. The van der Waals surface area contributed by atoms with Crippen LogP contribution in [-0.4, -0.2) is 39.9 Å². The molecule has 0 saturated carbocycles. The molecule has 3 aliphatic heterocycles. The predicted molar refractivity (Wildman–Crippen MR) is 95.9 cm³/mol. The summed E-state index contributed by atoms with van der Waals surface area (Å²) < 4.78 is 39.2. The number of aromatic nitrogens is 2. The number of nitrogens with zero attached hydrogens (tertiary/aromatic N) is 4. The molecular formula is C18H18ClF3N4O. The summed E-state index contributed by atoms with van der Waals surface area (Å²) in [6.07, 6.45) is -1.67. The number of halogens is 4. The first kappa shape index (κ1) is 18.3. The van der Waals surface area contributed by atoms with E-state index in [-0.39, 0.29) is 22.7 Å². The summed E-state index contributed by atoms with van der Waals surface area (Å²) in [6, 6.07) is 5.90. The molecule has 0 N–H and O–H groups in total. The molecule has 1 aromatic heterocycles. The molecule has 0 amide bonds. The number of piperazine rings is 1. The van der Waals surface area contributed by atoms with Gasteiger partial charge in [0.1, 0.15) is 5.02 Å². The van der Waals surface area contributed by atoms with Crippen molar-refractivity contribution in [2.45, 2.75) is 31.2 Å². The Morgan fingerprint density at radius 2 is 1.81 bits per heavy atom. The zero-order chi connectivity index (χ0) is 19.3. The van der Waals surface area contributed by atoms with Gasteiger partial charge in [-0.3, -0.25) is 9.69 Å². The van der Waals surface area contributed by atoms with E-state index in [4.69, 9.17) is 11.6 Å². The largest absolute Gasteiger partial charge is 0.416 e. The minimum atomic E-state index is -4.31. The molecule has 0 radical (unpaired) electrons. The third-order valence-electron chi connectivity index (χ3n) is 5.39. The molecule has 4 heterocycles. The fourth-order valence-electron chi connectivity index (χ4n) is 3.87. The van der Waals surface area contributed by atoms with Gasteiger partial charge in [0.25, 0.3) is 5.56 Å². The first-order valence-corrected chi connectivity index (χ1v) is 9.00. The van der Waals surface area contributed by atoms with E-state index in [1.54, 1.807) is 13.2 Å². The van der Waals surface area contributed by atoms with Crippen molar-refractivity contribution in [1.29, 1.82) is 0 Å². The molecule has 3 fully saturated rings. The van der Waals surface area contributed by atoms with Crippen molar-refractivity contribution in [1.82, 2.24) is 14.7 Å². The first-order valence-electron chi connectivity index (χ1n) is 8.62. The van der Waals surface area contributed by atoms with Gasteiger partial charge in [0.2, 0.25) is 0 Å². The lowest BCUT2D eigenvalue weighted by Crippen LogP contribution is -2.68. The van der Waals surface area contributed by atoms with Crippen LogP contribution in [0.4, 0.5) is 18.9 Å². The molecule has 1 aromatic carbocycles. The summed E-state index contributed by atoms with van der Waals surface area (Å²) in [6.45, 7) is 2.04. The summed E-state index contributed by atoms with van der Waals surface area (Å²) in [5.41, 5.74) is 0.548. The van der Waals surface area contributed by atoms with Crippen LogP contribution in [-0.2, 0) is 19.8 Å². The van der Waals surface area contributed by atoms with Gasteiger partial charge in [0.15, 0.2) is 0 Å². The van der Waals surface area contributed by atoms with Crippen LogP contribution < -0.4 is 10.5 Å². The molecule has 2 aromatic rings. The highest BCUT2D eigenvalue weighted by molar-refractivity contribution is 6.33. The van der Waals surface area contributed by atoms with Gasteiger partial charge in [-0.25, -0.2) is 4.68 Å². The number of hydrogen-bond donors (Lipinski definition) is 0. The molecule has 5 nitrogen and oxygen atoms in total. The summed E-state index contributed by atoms with van der Waals surface area (Å²) >= 11 is 6.19. The van der Waals surface area contributed by atoms with Gasteiger partial charge in [-0.05, 0) is 24.1 Å². The Morgan fingerprint density at radius 1 is 1.19 bits per heavy atom. The van der Waals surface area contributed by atoms with Crippen molar-refractivity contribution in [2.24, 2.45) is 7.05 Å². The zero-order valence-corrected chi connectivity index (χ0v) is 15.3. The monoisotopic (exact) mass is 398 g/mol. The molecule has 2 unspecified atom stereocenters. The van der Waals surface area contributed by atoms with Gasteiger partial charge in [0, 0.05) is 38.8 Å². The van der Waals surface area contributed by atoms with E-state index >= 15 is 0 Å². The van der Waals surface area contributed by atoms with Crippen LogP contribution in [0.2, 0.25) is 5.02 Å². The van der Waals surface area contributed by atoms with E-state index in [1.807, 2.05) is 0 Å². The van der Waals surface area contributed by atoms with Crippen molar-refractivity contribution in [3.8, 4) is 0 Å². The van der Waals surface area contributed by atoms with Crippen molar-refractivity contribution in [2.75, 3.05) is 18.0 Å². The van der Waals surface area contributed by atoms with Gasteiger partial charge >= 0.3 is 6.18 Å². The topological polar surface area (TPSA) is 41.4 Å². The van der Waals surface area contributed by atoms with Gasteiger partial charge in [-0.15, -0.1) is 0 Å². The van der Waals surface area contributed by atoms with Crippen LogP contribution in [0.3, 0.4) is 0 Å². The van der Waals surface area contributed by atoms with E-state index in [0.29, 0.717) is 25.3 Å². The number of piperidine rings is 1. The van der Waals surface area contributed by atoms with Crippen LogP contribution in [0, 0.1) is 0 Å². The minimum Gasteiger partial charge on any atom is -0.366 e. The molecule has 2 atom stereocenters. The van der Waals surface area contributed by atoms with Crippen molar-refractivity contribution >= 4 is 17.3 Å². The van der Waals surface area contributed by atoms with Gasteiger partial charge < -0.3 is 4.90 Å². The second-order valence-electron chi connectivity index (χ2n) is 7.09. The Morgan fingerprint density at radius 3 is 2.41 bits per heavy atom. The zero-order valence-electron chi connectivity index (χ0n) is 14.6. The summed E-state index contributed by atoms with van der Waals surface area (Å²) in [4.78, 5) is 16.3. The molecule has 5 rings (SSSR count). The molecule has 0 aliphatic carbocycles. The van der Waals surface area contributed by atoms with Crippen molar-refractivity contribution in [3.63, 3.8) is 0 Å². The summed E-state index contributed by atoms with van der Waals surface area (Å²) in [7, 11) is 1.55. The van der Waals surface area contributed by atoms with E-state index < -0.39 is 11.7 Å². The summed E-state index contributed by atoms with van der Waals surface area (Å²) in [5.74, 6) is 0. The lowest BCUT2D eigenvalue weighted by atomic mass is 9.86. The number of alkyl halides is 3. The molecule has 2 bridgehead atoms. The molecule has 9 heteroatoms. The van der Waals surface area contributed by atoms with Gasteiger partial charge in [-0.2, -0.15) is 18.3 Å². The lowest BCUT2D eigenvalue weighted by Gasteiger charge is -2.57. The normalized spacial score (nSPS) is 22.6. The van der Waals surface area contributed by atoms with E-state index in [9.17, 15) is 18.0 Å². The maximum atomic E-state index is 12.7. The van der Waals surface area contributed by atoms with Crippen molar-refractivity contribution in [3.05, 3.63) is 57.0 Å². The van der Waals surface area contributed by atoms with Crippen LogP contribution in [0.25, 0.3) is 0 Å². The fraction of sp³-hybridized carbons (Fsp3) is 0.444. The van der Waals surface area contributed by atoms with Crippen molar-refractivity contribution < 1.29 is 13.2 Å². The smallest absolute Gasteiger partial charge is 0.366 e. The molecule has 27 heavy (non-hydrogen) atoms. The average molecular weight is 399 g/mol. The quantitative estimate of drug-likeness (QED) is 0.797. The van der Waals surface area contributed by atoms with Gasteiger partial charge in [0.05, 0.1) is 17.4 Å². The lowest BCUT2D eigenvalue weighted by molar-refractivity contribution is -0.137. The molecule has 144 valence electrons. The number of benzene rings is 1. The van der Waals surface area contributed by atoms with E-state index in [0.717, 1.165) is 24.1 Å². The Hall–Kier alpha value is -2.06. The average Bonchev–Trinajstić information content (AvgIpc) is 2.64. The fourth-order valence-corrected chi connectivity index (χ4v) is 4.17. The number of hydrogen-bond acceptors (Lipinski definition) is 4. The number of rotatable bonds is 3. The molecular weight excluding hydrogens is 381 g/mol. The first-order chi connectivity index (χ1) is 12.7. The SMILES string of the molecule is Cn1ncc(N2CC3CC(C2)N3Cc2ccc(C(F)(F)F)cc2)c(Cl)c1=O. The summed E-state index contributed by atoms with van der Waals surface area (Å²) in [5, 5.41) is 4.21. The Balaban J connectivity index is 1.44.